The summed E-state index contributed by atoms with van der Waals surface area (Å²) in [7, 11) is 1.36. The Morgan fingerprint density at radius 1 is 0.913 bits per heavy atom. The van der Waals surface area contributed by atoms with Crippen molar-refractivity contribution in [2.75, 3.05) is 20.2 Å². The van der Waals surface area contributed by atoms with Crippen molar-refractivity contribution < 1.29 is 14.3 Å². The third-order valence-corrected chi connectivity index (χ3v) is 3.63. The highest BCUT2D eigenvalue weighted by molar-refractivity contribution is 5.94. The molecule has 0 spiro atoms. The van der Waals surface area contributed by atoms with Crippen LogP contribution >= 0.6 is 0 Å². The minimum atomic E-state index is -0.310. The molecule has 0 bridgehead atoms. The van der Waals surface area contributed by atoms with Crippen LogP contribution in [-0.4, -0.2) is 37.0 Å². The lowest BCUT2D eigenvalue weighted by Gasteiger charge is -2.22. The van der Waals surface area contributed by atoms with E-state index in [1.165, 1.54) is 7.11 Å². The van der Waals surface area contributed by atoms with Crippen molar-refractivity contribution in [1.82, 2.24) is 4.90 Å². The van der Waals surface area contributed by atoms with Crippen LogP contribution in [0.1, 0.15) is 22.3 Å². The first-order valence-electron chi connectivity index (χ1n) is 7.66. The second-order valence-electron chi connectivity index (χ2n) is 5.22. The van der Waals surface area contributed by atoms with Crippen molar-refractivity contribution in [1.29, 1.82) is 0 Å². The summed E-state index contributed by atoms with van der Waals surface area (Å²) in [4.78, 5) is 25.7. The van der Waals surface area contributed by atoms with E-state index in [0.29, 0.717) is 18.7 Å². The quantitative estimate of drug-likeness (QED) is 0.739. The summed E-state index contributed by atoms with van der Waals surface area (Å²) in [5, 5.41) is 0. The number of rotatable bonds is 7. The van der Waals surface area contributed by atoms with E-state index in [2.05, 4.69) is 4.74 Å². The zero-order valence-corrected chi connectivity index (χ0v) is 13.3. The SMILES string of the molecule is COC(=O)CCN(CCc1ccccc1)C(=O)c1ccccc1. The number of methoxy groups -OCH3 is 1. The molecular weight excluding hydrogens is 290 g/mol. The standard InChI is InChI=1S/C19H21NO3/c1-23-18(21)13-15-20(14-12-16-8-4-2-5-9-16)19(22)17-10-6-3-7-11-17/h2-11H,12-15H2,1H3. The summed E-state index contributed by atoms with van der Waals surface area (Å²) in [6.45, 7) is 0.919. The van der Waals surface area contributed by atoms with Crippen LogP contribution in [0.5, 0.6) is 0 Å². The Morgan fingerprint density at radius 2 is 1.52 bits per heavy atom. The van der Waals surface area contributed by atoms with Crippen LogP contribution in [0.2, 0.25) is 0 Å². The summed E-state index contributed by atoms with van der Waals surface area (Å²) in [5.74, 6) is -0.374. The van der Waals surface area contributed by atoms with Crippen LogP contribution in [-0.2, 0) is 16.0 Å². The molecule has 0 heterocycles. The maximum absolute atomic E-state index is 12.6. The molecule has 120 valence electrons. The van der Waals surface area contributed by atoms with Gasteiger partial charge < -0.3 is 9.64 Å². The number of carbonyl (C=O) groups is 2. The van der Waals surface area contributed by atoms with E-state index in [9.17, 15) is 9.59 Å². The van der Waals surface area contributed by atoms with Crippen molar-refractivity contribution in [2.45, 2.75) is 12.8 Å². The second-order valence-corrected chi connectivity index (χ2v) is 5.22. The first kappa shape index (κ1) is 16.7. The Hall–Kier alpha value is -2.62. The zero-order chi connectivity index (χ0) is 16.5. The van der Waals surface area contributed by atoms with Gasteiger partial charge in [-0.15, -0.1) is 0 Å². The van der Waals surface area contributed by atoms with Crippen LogP contribution in [0.25, 0.3) is 0 Å². The van der Waals surface area contributed by atoms with Gasteiger partial charge in [-0.05, 0) is 24.1 Å². The maximum Gasteiger partial charge on any atom is 0.307 e. The largest absolute Gasteiger partial charge is 0.469 e. The van der Waals surface area contributed by atoms with Crippen molar-refractivity contribution in [3.63, 3.8) is 0 Å². The lowest BCUT2D eigenvalue weighted by Crippen LogP contribution is -2.35. The molecule has 1 amide bonds. The van der Waals surface area contributed by atoms with Crippen molar-refractivity contribution in [3.05, 3.63) is 71.8 Å². The van der Waals surface area contributed by atoms with Crippen LogP contribution in [0.15, 0.2) is 60.7 Å². The van der Waals surface area contributed by atoms with Gasteiger partial charge in [-0.1, -0.05) is 48.5 Å². The number of benzene rings is 2. The van der Waals surface area contributed by atoms with E-state index in [1.807, 2.05) is 48.5 Å². The van der Waals surface area contributed by atoms with E-state index >= 15 is 0 Å². The van der Waals surface area contributed by atoms with Gasteiger partial charge >= 0.3 is 5.97 Å². The highest BCUT2D eigenvalue weighted by Crippen LogP contribution is 2.08. The van der Waals surface area contributed by atoms with Gasteiger partial charge in [0.25, 0.3) is 5.91 Å². The molecule has 0 aliphatic carbocycles. The van der Waals surface area contributed by atoms with Crippen molar-refractivity contribution in [2.24, 2.45) is 0 Å². The molecule has 2 aromatic rings. The average Bonchev–Trinajstić information content (AvgIpc) is 2.62. The Kier molecular flexibility index (Phi) is 6.36. The Labute approximate surface area is 136 Å². The van der Waals surface area contributed by atoms with E-state index < -0.39 is 0 Å². The molecule has 0 radical (unpaired) electrons. The van der Waals surface area contributed by atoms with Gasteiger partial charge in [0.2, 0.25) is 0 Å². The Morgan fingerprint density at radius 3 is 2.13 bits per heavy atom. The molecule has 0 saturated heterocycles. The molecule has 23 heavy (non-hydrogen) atoms. The number of esters is 1. The normalized spacial score (nSPS) is 10.1. The van der Waals surface area contributed by atoms with E-state index in [4.69, 9.17) is 0 Å². The maximum atomic E-state index is 12.6. The number of hydrogen-bond donors (Lipinski definition) is 0. The molecule has 0 aliphatic heterocycles. The lowest BCUT2D eigenvalue weighted by molar-refractivity contribution is -0.140. The monoisotopic (exact) mass is 311 g/mol. The Bertz CT molecular complexity index is 626. The topological polar surface area (TPSA) is 46.6 Å². The molecular formula is C19H21NO3. The third kappa shape index (κ3) is 5.25. The molecule has 0 saturated carbocycles. The molecule has 0 fully saturated rings. The fraction of sp³-hybridized carbons (Fsp3) is 0.263. The second kappa shape index (κ2) is 8.73. The molecule has 0 N–H and O–H groups in total. The number of amides is 1. The van der Waals surface area contributed by atoms with Crippen LogP contribution < -0.4 is 0 Å². The van der Waals surface area contributed by atoms with Gasteiger partial charge in [0, 0.05) is 18.7 Å². The third-order valence-electron chi connectivity index (χ3n) is 3.63. The highest BCUT2D eigenvalue weighted by atomic mass is 16.5. The van der Waals surface area contributed by atoms with Crippen LogP contribution in [0.4, 0.5) is 0 Å². The van der Waals surface area contributed by atoms with Crippen LogP contribution in [0.3, 0.4) is 0 Å². The minimum Gasteiger partial charge on any atom is -0.469 e. The average molecular weight is 311 g/mol. The predicted molar refractivity (Wildman–Crippen MR) is 89.1 cm³/mol. The van der Waals surface area contributed by atoms with Crippen molar-refractivity contribution >= 4 is 11.9 Å². The van der Waals surface area contributed by atoms with Crippen molar-refractivity contribution in [3.8, 4) is 0 Å². The van der Waals surface area contributed by atoms with Gasteiger partial charge in [0.1, 0.15) is 0 Å². The van der Waals surface area contributed by atoms with Gasteiger partial charge in [-0.3, -0.25) is 9.59 Å². The van der Waals surface area contributed by atoms with Crippen LogP contribution in [0, 0.1) is 0 Å². The fourth-order valence-corrected chi connectivity index (χ4v) is 2.32. The van der Waals surface area contributed by atoms with Gasteiger partial charge in [0.05, 0.1) is 13.5 Å². The summed E-state index contributed by atoms with van der Waals surface area (Å²) < 4.78 is 4.67. The lowest BCUT2D eigenvalue weighted by atomic mass is 10.1. The van der Waals surface area contributed by atoms with E-state index in [1.54, 1.807) is 17.0 Å². The summed E-state index contributed by atoms with van der Waals surface area (Å²) in [5.41, 5.74) is 1.79. The fourth-order valence-electron chi connectivity index (χ4n) is 2.32. The number of ether oxygens (including phenoxy) is 1. The first-order valence-corrected chi connectivity index (χ1v) is 7.66. The van der Waals surface area contributed by atoms with E-state index in [0.717, 1.165) is 12.0 Å². The number of nitrogens with zero attached hydrogens (tertiary/aromatic N) is 1. The zero-order valence-electron chi connectivity index (χ0n) is 13.3. The molecule has 0 unspecified atom stereocenters. The van der Waals surface area contributed by atoms with Gasteiger partial charge in [-0.25, -0.2) is 0 Å². The molecule has 2 rings (SSSR count). The molecule has 0 aliphatic rings. The minimum absolute atomic E-state index is 0.0644. The molecule has 4 heteroatoms. The summed E-state index contributed by atoms with van der Waals surface area (Å²) in [6.07, 6.45) is 0.949. The highest BCUT2D eigenvalue weighted by Gasteiger charge is 2.16. The van der Waals surface area contributed by atoms with Gasteiger partial charge in [-0.2, -0.15) is 0 Å². The summed E-state index contributed by atoms with van der Waals surface area (Å²) in [6, 6.07) is 19.1. The number of carbonyl (C=O) groups excluding carboxylic acids is 2. The molecule has 2 aromatic carbocycles. The van der Waals surface area contributed by atoms with Gasteiger partial charge in [0.15, 0.2) is 0 Å². The van der Waals surface area contributed by atoms with E-state index in [-0.39, 0.29) is 18.3 Å². The molecule has 0 atom stereocenters. The first-order chi connectivity index (χ1) is 11.2. The smallest absolute Gasteiger partial charge is 0.307 e. The Balaban J connectivity index is 2.04. The predicted octanol–water partition coefficient (Wildman–Crippen LogP) is 2.93. The molecule has 4 nitrogen and oxygen atoms in total. The summed E-state index contributed by atoms with van der Waals surface area (Å²) >= 11 is 0. The molecule has 0 aromatic heterocycles. The number of hydrogen-bond acceptors (Lipinski definition) is 3.